The van der Waals surface area contributed by atoms with E-state index in [1.807, 2.05) is 20.8 Å². The first-order chi connectivity index (χ1) is 6.29. The molecule has 1 aliphatic heterocycles. The van der Waals surface area contributed by atoms with Gasteiger partial charge in [-0.25, -0.2) is 9.59 Å². The summed E-state index contributed by atoms with van der Waals surface area (Å²) < 4.78 is 4.67. The van der Waals surface area contributed by atoms with Crippen LogP contribution in [0.2, 0.25) is 0 Å². The van der Waals surface area contributed by atoms with E-state index in [2.05, 4.69) is 4.74 Å². The second-order valence-corrected chi connectivity index (χ2v) is 4.65. The lowest BCUT2D eigenvalue weighted by Gasteiger charge is -2.23. The maximum atomic E-state index is 11.2. The zero-order valence-corrected chi connectivity index (χ0v) is 8.61. The first-order valence-electron chi connectivity index (χ1n) is 4.48. The van der Waals surface area contributed by atoms with Crippen LogP contribution in [0, 0.1) is 5.41 Å². The third-order valence-electron chi connectivity index (χ3n) is 1.83. The van der Waals surface area contributed by atoms with Gasteiger partial charge >= 0.3 is 12.1 Å². The molecule has 5 nitrogen and oxygen atoms in total. The van der Waals surface area contributed by atoms with Gasteiger partial charge in [0, 0.05) is 6.54 Å². The Kier molecular flexibility index (Phi) is 2.69. The highest BCUT2D eigenvalue weighted by atomic mass is 16.6. The molecule has 1 amide bonds. The Morgan fingerprint density at radius 3 is 2.57 bits per heavy atom. The average Bonchev–Trinajstić information content (AvgIpc) is 2.29. The van der Waals surface area contributed by atoms with Crippen LogP contribution in [0.5, 0.6) is 0 Å². The van der Waals surface area contributed by atoms with Crippen LogP contribution < -0.4 is 0 Å². The van der Waals surface area contributed by atoms with Gasteiger partial charge in [-0.15, -0.1) is 0 Å². The standard InChI is InChI=1S/C9H15NO4/c1-9(2,3)5-10-4-6(7(11)12)14-8(10)13/h6H,4-5H2,1-3H3,(H,11,12)/t6-/m1/s1. The molecule has 0 saturated carbocycles. The van der Waals surface area contributed by atoms with E-state index >= 15 is 0 Å². The lowest BCUT2D eigenvalue weighted by molar-refractivity contribution is -0.144. The Morgan fingerprint density at radius 1 is 1.64 bits per heavy atom. The molecule has 0 aromatic rings. The lowest BCUT2D eigenvalue weighted by atomic mass is 9.96. The summed E-state index contributed by atoms with van der Waals surface area (Å²) in [5, 5.41) is 8.64. The molecule has 0 aromatic heterocycles. The van der Waals surface area contributed by atoms with Crippen molar-refractivity contribution >= 4 is 12.1 Å². The topological polar surface area (TPSA) is 66.8 Å². The molecule has 1 atom stereocenters. The number of carboxylic acid groups (broad SMARTS) is 1. The number of aliphatic carboxylic acids is 1. The van der Waals surface area contributed by atoms with Gasteiger partial charge in [0.25, 0.3) is 0 Å². The van der Waals surface area contributed by atoms with Crippen molar-refractivity contribution in [3.8, 4) is 0 Å². The first-order valence-corrected chi connectivity index (χ1v) is 4.48. The zero-order valence-electron chi connectivity index (χ0n) is 8.61. The fourth-order valence-corrected chi connectivity index (χ4v) is 1.34. The Morgan fingerprint density at radius 2 is 2.21 bits per heavy atom. The predicted octanol–water partition coefficient (Wildman–Crippen LogP) is 0.938. The minimum absolute atomic E-state index is 0.0492. The predicted molar refractivity (Wildman–Crippen MR) is 48.9 cm³/mol. The van der Waals surface area contributed by atoms with E-state index in [1.54, 1.807) is 0 Å². The molecule has 1 N–H and O–H groups in total. The summed E-state index contributed by atoms with van der Waals surface area (Å²) in [7, 11) is 0. The van der Waals surface area contributed by atoms with Crippen LogP contribution >= 0.6 is 0 Å². The second-order valence-electron chi connectivity index (χ2n) is 4.65. The van der Waals surface area contributed by atoms with Crippen LogP contribution in [0.15, 0.2) is 0 Å². The van der Waals surface area contributed by atoms with Crippen molar-refractivity contribution in [2.45, 2.75) is 26.9 Å². The van der Waals surface area contributed by atoms with Gasteiger partial charge in [0.2, 0.25) is 6.10 Å². The van der Waals surface area contributed by atoms with Gasteiger partial charge in [0.15, 0.2) is 0 Å². The maximum Gasteiger partial charge on any atom is 0.410 e. The SMILES string of the molecule is CC(C)(C)CN1C[C@H](C(=O)O)OC1=O. The number of hydrogen-bond donors (Lipinski definition) is 1. The Bertz CT molecular complexity index is 256. The number of carboxylic acids is 1. The monoisotopic (exact) mass is 201 g/mol. The number of ether oxygens (including phenoxy) is 1. The molecule has 14 heavy (non-hydrogen) atoms. The van der Waals surface area contributed by atoms with Crippen LogP contribution in [0.25, 0.3) is 0 Å². The summed E-state index contributed by atoms with van der Waals surface area (Å²) in [6.07, 6.45) is -1.54. The fourth-order valence-electron chi connectivity index (χ4n) is 1.34. The highest BCUT2D eigenvalue weighted by Gasteiger charge is 2.37. The van der Waals surface area contributed by atoms with Crippen LogP contribution in [0.3, 0.4) is 0 Å². The average molecular weight is 201 g/mol. The quantitative estimate of drug-likeness (QED) is 0.722. The Hall–Kier alpha value is -1.26. The minimum atomic E-state index is -1.09. The maximum absolute atomic E-state index is 11.2. The van der Waals surface area contributed by atoms with E-state index in [-0.39, 0.29) is 12.0 Å². The van der Waals surface area contributed by atoms with Crippen molar-refractivity contribution in [2.75, 3.05) is 13.1 Å². The van der Waals surface area contributed by atoms with E-state index in [1.165, 1.54) is 4.90 Å². The molecule has 1 saturated heterocycles. The molecule has 0 spiro atoms. The number of nitrogens with zero attached hydrogens (tertiary/aromatic N) is 1. The molecule has 80 valence electrons. The third-order valence-corrected chi connectivity index (χ3v) is 1.83. The van der Waals surface area contributed by atoms with Crippen molar-refractivity contribution in [3.63, 3.8) is 0 Å². The zero-order chi connectivity index (χ0) is 10.9. The van der Waals surface area contributed by atoms with Crippen LogP contribution in [0.4, 0.5) is 4.79 Å². The molecule has 0 bridgehead atoms. The summed E-state index contributed by atoms with van der Waals surface area (Å²) in [6, 6.07) is 0. The van der Waals surface area contributed by atoms with Crippen molar-refractivity contribution in [3.05, 3.63) is 0 Å². The summed E-state index contributed by atoms with van der Waals surface area (Å²) in [5.41, 5.74) is -0.0492. The first kappa shape index (κ1) is 10.8. The van der Waals surface area contributed by atoms with Crippen LogP contribution in [0.1, 0.15) is 20.8 Å². The van der Waals surface area contributed by atoms with Crippen LogP contribution in [-0.2, 0) is 9.53 Å². The summed E-state index contributed by atoms with van der Waals surface area (Å²) in [6.45, 7) is 6.60. The molecule has 0 aliphatic carbocycles. The molecular weight excluding hydrogens is 186 g/mol. The fraction of sp³-hybridized carbons (Fsp3) is 0.778. The molecule has 1 aliphatic rings. The van der Waals surface area contributed by atoms with Gasteiger partial charge in [0.05, 0.1) is 6.54 Å². The number of cyclic esters (lactones) is 1. The number of rotatable bonds is 2. The van der Waals surface area contributed by atoms with Crippen LogP contribution in [-0.4, -0.2) is 41.3 Å². The normalized spacial score (nSPS) is 22.4. The van der Waals surface area contributed by atoms with Gasteiger partial charge in [0.1, 0.15) is 0 Å². The molecule has 0 unspecified atom stereocenters. The Balaban J connectivity index is 2.58. The number of amides is 1. The van der Waals surface area contributed by atoms with Crippen molar-refractivity contribution in [1.29, 1.82) is 0 Å². The van der Waals surface area contributed by atoms with E-state index in [0.717, 1.165) is 0 Å². The number of carbonyl (C=O) groups is 2. The van der Waals surface area contributed by atoms with Gasteiger partial charge in [-0.2, -0.15) is 0 Å². The lowest BCUT2D eigenvalue weighted by Crippen LogP contribution is -2.34. The number of hydrogen-bond acceptors (Lipinski definition) is 3. The van der Waals surface area contributed by atoms with E-state index < -0.39 is 18.2 Å². The summed E-state index contributed by atoms with van der Waals surface area (Å²) in [5.74, 6) is -1.09. The third kappa shape index (κ3) is 2.61. The molecule has 0 aromatic carbocycles. The molecular formula is C9H15NO4. The van der Waals surface area contributed by atoms with Crippen molar-refractivity contribution in [2.24, 2.45) is 5.41 Å². The molecule has 5 heteroatoms. The van der Waals surface area contributed by atoms with Gasteiger partial charge < -0.3 is 14.7 Å². The van der Waals surface area contributed by atoms with E-state index in [0.29, 0.717) is 6.54 Å². The minimum Gasteiger partial charge on any atom is -0.478 e. The van der Waals surface area contributed by atoms with Gasteiger partial charge in [-0.1, -0.05) is 20.8 Å². The van der Waals surface area contributed by atoms with Crippen molar-refractivity contribution < 1.29 is 19.4 Å². The summed E-state index contributed by atoms with van der Waals surface area (Å²) >= 11 is 0. The summed E-state index contributed by atoms with van der Waals surface area (Å²) in [4.78, 5) is 23.2. The molecule has 1 heterocycles. The van der Waals surface area contributed by atoms with Crippen molar-refractivity contribution in [1.82, 2.24) is 4.90 Å². The molecule has 1 fully saturated rings. The van der Waals surface area contributed by atoms with E-state index in [4.69, 9.17) is 5.11 Å². The highest BCUT2D eigenvalue weighted by Crippen LogP contribution is 2.20. The van der Waals surface area contributed by atoms with Gasteiger partial charge in [-0.05, 0) is 5.41 Å². The molecule has 0 radical (unpaired) electrons. The van der Waals surface area contributed by atoms with Gasteiger partial charge in [-0.3, -0.25) is 0 Å². The second kappa shape index (κ2) is 3.48. The number of carbonyl (C=O) groups excluding carboxylic acids is 1. The highest BCUT2D eigenvalue weighted by molar-refractivity contribution is 5.81. The Labute approximate surface area is 82.6 Å². The largest absolute Gasteiger partial charge is 0.478 e. The molecule has 1 rings (SSSR count). The van der Waals surface area contributed by atoms with E-state index in [9.17, 15) is 9.59 Å². The smallest absolute Gasteiger partial charge is 0.410 e.